The van der Waals surface area contributed by atoms with Crippen LogP contribution < -0.4 is 0 Å². The van der Waals surface area contributed by atoms with Crippen molar-refractivity contribution >= 4 is 11.9 Å². The number of aromatic amines is 1. The average molecular weight is 253 g/mol. The van der Waals surface area contributed by atoms with Crippen LogP contribution in [0.1, 0.15) is 47.1 Å². The maximum atomic E-state index is 11.7. The largest absolute Gasteiger partial charge is 0.469 e. The molecular weight excluding hydrogens is 234 g/mol. The molecule has 0 bridgehead atoms. The first-order valence-corrected chi connectivity index (χ1v) is 5.88. The minimum atomic E-state index is -0.408. The van der Waals surface area contributed by atoms with E-state index in [0.29, 0.717) is 12.3 Å². The van der Waals surface area contributed by atoms with Gasteiger partial charge in [0.15, 0.2) is 0 Å². The maximum Gasteiger partial charge on any atom is 0.355 e. The zero-order valence-corrected chi connectivity index (χ0v) is 11.4. The summed E-state index contributed by atoms with van der Waals surface area (Å²) >= 11 is 0. The summed E-state index contributed by atoms with van der Waals surface area (Å²) in [6.45, 7) is 7.44. The lowest BCUT2D eigenvalue weighted by molar-refractivity contribution is -0.142. The standard InChI is InChI=1S/C13H19NO4/c1-6-18-13(16)11-7(2)10(9(4)14-11)8(3)12(15)17-5/h8,14H,6H2,1-5H3/t8-/m1/s1. The van der Waals surface area contributed by atoms with Crippen molar-refractivity contribution in [2.24, 2.45) is 0 Å². The minimum Gasteiger partial charge on any atom is -0.469 e. The van der Waals surface area contributed by atoms with Gasteiger partial charge < -0.3 is 14.5 Å². The molecule has 1 aromatic heterocycles. The number of rotatable bonds is 4. The van der Waals surface area contributed by atoms with E-state index in [9.17, 15) is 9.59 Å². The van der Waals surface area contributed by atoms with Crippen LogP contribution in [0.4, 0.5) is 0 Å². The first-order chi connectivity index (χ1) is 8.43. The van der Waals surface area contributed by atoms with Crippen molar-refractivity contribution in [3.8, 4) is 0 Å². The van der Waals surface area contributed by atoms with Crippen LogP contribution in [0, 0.1) is 13.8 Å². The quantitative estimate of drug-likeness (QED) is 0.834. The predicted octanol–water partition coefficient (Wildman–Crippen LogP) is 2.08. The van der Waals surface area contributed by atoms with E-state index in [1.807, 2.05) is 6.92 Å². The van der Waals surface area contributed by atoms with Crippen molar-refractivity contribution in [2.45, 2.75) is 33.6 Å². The van der Waals surface area contributed by atoms with E-state index in [1.54, 1.807) is 20.8 Å². The number of ether oxygens (including phenoxy) is 2. The van der Waals surface area contributed by atoms with E-state index >= 15 is 0 Å². The Labute approximate surface area is 106 Å². The first-order valence-electron chi connectivity index (χ1n) is 5.88. The van der Waals surface area contributed by atoms with Gasteiger partial charge in [0.05, 0.1) is 19.6 Å². The van der Waals surface area contributed by atoms with E-state index in [1.165, 1.54) is 7.11 Å². The molecule has 0 fully saturated rings. The molecule has 0 aliphatic rings. The molecule has 1 aromatic rings. The molecule has 1 N–H and O–H groups in total. The van der Waals surface area contributed by atoms with Gasteiger partial charge in [-0.25, -0.2) is 4.79 Å². The van der Waals surface area contributed by atoms with Crippen LogP contribution in [-0.2, 0) is 14.3 Å². The molecule has 0 spiro atoms. The van der Waals surface area contributed by atoms with Gasteiger partial charge in [-0.3, -0.25) is 4.79 Å². The van der Waals surface area contributed by atoms with Gasteiger partial charge in [0, 0.05) is 5.69 Å². The number of esters is 2. The average Bonchev–Trinajstić information content (AvgIpc) is 2.63. The molecule has 1 atom stereocenters. The van der Waals surface area contributed by atoms with Crippen LogP contribution in [0.2, 0.25) is 0 Å². The Morgan fingerprint density at radius 1 is 1.33 bits per heavy atom. The van der Waals surface area contributed by atoms with Crippen molar-refractivity contribution in [1.82, 2.24) is 4.98 Å². The van der Waals surface area contributed by atoms with Crippen LogP contribution in [-0.4, -0.2) is 30.6 Å². The number of carbonyl (C=O) groups excluding carboxylic acids is 2. The summed E-state index contributed by atoms with van der Waals surface area (Å²) in [5, 5.41) is 0. The molecule has 0 amide bonds. The second-order valence-corrected chi connectivity index (χ2v) is 4.13. The summed E-state index contributed by atoms with van der Waals surface area (Å²) in [6, 6.07) is 0. The Kier molecular flexibility index (Phi) is 4.53. The van der Waals surface area contributed by atoms with E-state index in [-0.39, 0.29) is 5.97 Å². The minimum absolute atomic E-state index is 0.318. The molecule has 1 rings (SSSR count). The third-order valence-corrected chi connectivity index (χ3v) is 2.96. The number of H-pyrrole nitrogens is 1. The Hall–Kier alpha value is -1.78. The number of hydrogen-bond donors (Lipinski definition) is 1. The molecule has 5 nitrogen and oxygen atoms in total. The number of aromatic nitrogens is 1. The number of aryl methyl sites for hydroxylation is 1. The summed E-state index contributed by atoms with van der Waals surface area (Å²) in [5.41, 5.74) is 2.72. The zero-order valence-electron chi connectivity index (χ0n) is 11.4. The molecular formula is C13H19NO4. The second-order valence-electron chi connectivity index (χ2n) is 4.13. The smallest absolute Gasteiger partial charge is 0.355 e. The highest BCUT2D eigenvalue weighted by atomic mass is 16.5. The molecule has 0 saturated heterocycles. The van der Waals surface area contributed by atoms with Gasteiger partial charge in [-0.2, -0.15) is 0 Å². The van der Waals surface area contributed by atoms with E-state index in [2.05, 4.69) is 4.98 Å². The normalized spacial score (nSPS) is 12.1. The topological polar surface area (TPSA) is 68.4 Å². The molecule has 0 saturated carbocycles. The number of carbonyl (C=O) groups is 2. The van der Waals surface area contributed by atoms with Gasteiger partial charge in [-0.05, 0) is 38.8 Å². The highest BCUT2D eigenvalue weighted by Crippen LogP contribution is 2.27. The highest BCUT2D eigenvalue weighted by Gasteiger charge is 2.25. The Balaban J connectivity index is 3.16. The lowest BCUT2D eigenvalue weighted by Crippen LogP contribution is -2.12. The van der Waals surface area contributed by atoms with Crippen molar-refractivity contribution in [1.29, 1.82) is 0 Å². The first kappa shape index (κ1) is 14.3. The number of hydrogen-bond acceptors (Lipinski definition) is 4. The fourth-order valence-corrected chi connectivity index (χ4v) is 2.12. The Morgan fingerprint density at radius 2 is 1.94 bits per heavy atom. The van der Waals surface area contributed by atoms with Crippen LogP contribution >= 0.6 is 0 Å². The second kappa shape index (κ2) is 5.71. The Morgan fingerprint density at radius 3 is 2.44 bits per heavy atom. The van der Waals surface area contributed by atoms with Crippen LogP contribution in [0.15, 0.2) is 0 Å². The van der Waals surface area contributed by atoms with E-state index < -0.39 is 11.9 Å². The lowest BCUT2D eigenvalue weighted by Gasteiger charge is -2.10. The Bertz CT molecular complexity index is 462. The number of methoxy groups -OCH3 is 1. The van der Waals surface area contributed by atoms with Crippen molar-refractivity contribution in [2.75, 3.05) is 13.7 Å². The molecule has 0 aliphatic heterocycles. The fraction of sp³-hybridized carbons (Fsp3) is 0.538. The van der Waals surface area contributed by atoms with Crippen molar-refractivity contribution < 1.29 is 19.1 Å². The lowest BCUT2D eigenvalue weighted by atomic mass is 9.97. The fourth-order valence-electron chi connectivity index (χ4n) is 2.12. The summed E-state index contributed by atoms with van der Waals surface area (Å²) in [6.07, 6.45) is 0. The van der Waals surface area contributed by atoms with Gasteiger partial charge >= 0.3 is 11.9 Å². The third-order valence-electron chi connectivity index (χ3n) is 2.96. The monoisotopic (exact) mass is 253 g/mol. The molecule has 0 aromatic carbocycles. The summed E-state index contributed by atoms with van der Waals surface area (Å²) in [5.74, 6) is -1.13. The summed E-state index contributed by atoms with van der Waals surface area (Å²) < 4.78 is 9.68. The SMILES string of the molecule is CCOC(=O)c1[nH]c(C)c([C@@H](C)C(=O)OC)c1C. The van der Waals surface area contributed by atoms with E-state index in [0.717, 1.165) is 16.8 Å². The summed E-state index contributed by atoms with van der Waals surface area (Å²) in [4.78, 5) is 26.3. The predicted molar refractivity (Wildman–Crippen MR) is 66.7 cm³/mol. The number of nitrogens with one attached hydrogen (secondary N) is 1. The van der Waals surface area contributed by atoms with Gasteiger partial charge in [0.25, 0.3) is 0 Å². The maximum absolute atomic E-state index is 11.7. The molecule has 1 heterocycles. The van der Waals surface area contributed by atoms with Crippen molar-refractivity contribution in [3.05, 3.63) is 22.5 Å². The molecule has 18 heavy (non-hydrogen) atoms. The molecule has 5 heteroatoms. The highest BCUT2D eigenvalue weighted by molar-refractivity contribution is 5.91. The molecule has 0 aliphatic carbocycles. The summed E-state index contributed by atoms with van der Waals surface area (Å²) in [7, 11) is 1.35. The van der Waals surface area contributed by atoms with Crippen molar-refractivity contribution in [3.63, 3.8) is 0 Å². The molecule has 0 unspecified atom stereocenters. The van der Waals surface area contributed by atoms with Crippen LogP contribution in [0.5, 0.6) is 0 Å². The van der Waals surface area contributed by atoms with Crippen LogP contribution in [0.25, 0.3) is 0 Å². The van der Waals surface area contributed by atoms with E-state index in [4.69, 9.17) is 9.47 Å². The van der Waals surface area contributed by atoms with Gasteiger partial charge in [-0.15, -0.1) is 0 Å². The molecule has 0 radical (unpaired) electrons. The van der Waals surface area contributed by atoms with Gasteiger partial charge in [0.2, 0.25) is 0 Å². The van der Waals surface area contributed by atoms with Crippen LogP contribution in [0.3, 0.4) is 0 Å². The molecule has 100 valence electrons. The third kappa shape index (κ3) is 2.55. The van der Waals surface area contributed by atoms with Gasteiger partial charge in [0.1, 0.15) is 5.69 Å². The van der Waals surface area contributed by atoms with Gasteiger partial charge in [-0.1, -0.05) is 0 Å². The zero-order chi connectivity index (χ0) is 13.9.